The Bertz CT molecular complexity index is 394. The maximum absolute atomic E-state index is 4.72. The predicted octanol–water partition coefficient (Wildman–Crippen LogP) is 1.70. The van der Waals surface area contributed by atoms with E-state index in [0.29, 0.717) is 6.04 Å². The largest absolute Gasteiger partial charge is 0.310 e. The summed E-state index contributed by atoms with van der Waals surface area (Å²) in [5, 5.41) is 4.74. The molecule has 1 aromatic heterocycles. The van der Waals surface area contributed by atoms with Crippen molar-refractivity contribution in [3.8, 4) is 0 Å². The molecular formula is C14H26N4S. The Morgan fingerprint density at radius 3 is 2.58 bits per heavy atom. The van der Waals surface area contributed by atoms with E-state index >= 15 is 0 Å². The quantitative estimate of drug-likeness (QED) is 0.891. The van der Waals surface area contributed by atoms with E-state index in [0.717, 1.165) is 26.2 Å². The van der Waals surface area contributed by atoms with Crippen LogP contribution in [0.15, 0.2) is 0 Å². The minimum atomic E-state index is 0.530. The molecule has 0 aliphatic carbocycles. The number of piperazine rings is 1. The third kappa shape index (κ3) is 4.53. The van der Waals surface area contributed by atoms with Crippen LogP contribution in [-0.2, 0) is 13.1 Å². The first-order chi connectivity index (χ1) is 9.04. The fraction of sp³-hybridized carbons (Fsp3) is 0.786. The van der Waals surface area contributed by atoms with Crippen molar-refractivity contribution in [2.24, 2.45) is 0 Å². The Kier molecular flexibility index (Phi) is 5.33. The zero-order valence-corrected chi connectivity index (χ0v) is 13.4. The van der Waals surface area contributed by atoms with E-state index in [-0.39, 0.29) is 0 Å². The second-order valence-corrected chi connectivity index (χ2v) is 6.90. The van der Waals surface area contributed by atoms with Crippen LogP contribution in [0.3, 0.4) is 0 Å². The van der Waals surface area contributed by atoms with Crippen molar-refractivity contribution in [1.29, 1.82) is 0 Å². The molecule has 2 rings (SSSR count). The van der Waals surface area contributed by atoms with Gasteiger partial charge in [0, 0.05) is 43.6 Å². The SMILES string of the molecule is Cc1nc(CN2CCN(C)CC2)sc1CNC(C)C. The van der Waals surface area contributed by atoms with Gasteiger partial charge in [0.05, 0.1) is 12.2 Å². The van der Waals surface area contributed by atoms with Crippen molar-refractivity contribution >= 4 is 11.3 Å². The molecule has 1 N–H and O–H groups in total. The predicted molar refractivity (Wildman–Crippen MR) is 81.6 cm³/mol. The summed E-state index contributed by atoms with van der Waals surface area (Å²) in [6, 6.07) is 0.530. The van der Waals surface area contributed by atoms with Crippen LogP contribution in [-0.4, -0.2) is 54.1 Å². The Hall–Kier alpha value is -0.490. The first kappa shape index (κ1) is 14.9. The van der Waals surface area contributed by atoms with Crippen molar-refractivity contribution in [1.82, 2.24) is 20.1 Å². The van der Waals surface area contributed by atoms with E-state index < -0.39 is 0 Å². The Labute approximate surface area is 120 Å². The average Bonchev–Trinajstić information content (AvgIpc) is 2.70. The van der Waals surface area contributed by atoms with Gasteiger partial charge in [-0.15, -0.1) is 11.3 Å². The highest BCUT2D eigenvalue weighted by atomic mass is 32.1. The molecule has 5 heteroatoms. The van der Waals surface area contributed by atoms with Gasteiger partial charge in [-0.05, 0) is 14.0 Å². The van der Waals surface area contributed by atoms with Crippen molar-refractivity contribution in [2.45, 2.75) is 39.9 Å². The molecule has 0 atom stereocenters. The monoisotopic (exact) mass is 282 g/mol. The summed E-state index contributed by atoms with van der Waals surface area (Å²) < 4.78 is 0. The van der Waals surface area contributed by atoms with Gasteiger partial charge in [0.1, 0.15) is 5.01 Å². The van der Waals surface area contributed by atoms with Gasteiger partial charge in [-0.25, -0.2) is 4.98 Å². The van der Waals surface area contributed by atoms with Crippen LogP contribution in [0.2, 0.25) is 0 Å². The van der Waals surface area contributed by atoms with E-state index in [1.807, 2.05) is 11.3 Å². The fourth-order valence-electron chi connectivity index (χ4n) is 2.21. The number of hydrogen-bond donors (Lipinski definition) is 1. The highest BCUT2D eigenvalue weighted by Crippen LogP contribution is 2.20. The summed E-state index contributed by atoms with van der Waals surface area (Å²) in [5.74, 6) is 0. The Morgan fingerprint density at radius 2 is 1.95 bits per heavy atom. The number of likely N-dealkylation sites (N-methyl/N-ethyl adjacent to an activating group) is 1. The standard InChI is InChI=1S/C14H26N4S/c1-11(2)15-9-13-12(3)16-14(19-13)10-18-7-5-17(4)6-8-18/h11,15H,5-10H2,1-4H3. The Morgan fingerprint density at radius 1 is 1.26 bits per heavy atom. The number of hydrogen-bond acceptors (Lipinski definition) is 5. The second-order valence-electron chi connectivity index (χ2n) is 5.73. The molecule has 1 aliphatic heterocycles. The van der Waals surface area contributed by atoms with Crippen LogP contribution in [0.25, 0.3) is 0 Å². The van der Waals surface area contributed by atoms with Crippen LogP contribution < -0.4 is 5.32 Å². The molecule has 0 amide bonds. The number of nitrogens with one attached hydrogen (secondary N) is 1. The molecular weight excluding hydrogens is 256 g/mol. The van der Waals surface area contributed by atoms with Gasteiger partial charge in [0.25, 0.3) is 0 Å². The molecule has 2 heterocycles. The van der Waals surface area contributed by atoms with Crippen LogP contribution in [0.4, 0.5) is 0 Å². The highest BCUT2D eigenvalue weighted by Gasteiger charge is 2.16. The van der Waals surface area contributed by atoms with Crippen LogP contribution in [0.1, 0.15) is 29.4 Å². The molecule has 4 nitrogen and oxygen atoms in total. The van der Waals surface area contributed by atoms with E-state index in [4.69, 9.17) is 4.98 Å². The third-order valence-electron chi connectivity index (χ3n) is 3.56. The summed E-state index contributed by atoms with van der Waals surface area (Å²) in [6.07, 6.45) is 0. The van der Waals surface area contributed by atoms with Crippen molar-refractivity contribution < 1.29 is 0 Å². The van der Waals surface area contributed by atoms with Crippen LogP contribution in [0, 0.1) is 6.92 Å². The zero-order chi connectivity index (χ0) is 13.8. The molecule has 0 saturated carbocycles. The maximum Gasteiger partial charge on any atom is 0.107 e. The molecule has 1 fully saturated rings. The highest BCUT2D eigenvalue weighted by molar-refractivity contribution is 7.11. The van der Waals surface area contributed by atoms with E-state index in [9.17, 15) is 0 Å². The number of aryl methyl sites for hydroxylation is 1. The van der Waals surface area contributed by atoms with Crippen molar-refractivity contribution in [3.05, 3.63) is 15.6 Å². The van der Waals surface area contributed by atoms with Gasteiger partial charge in [0.15, 0.2) is 0 Å². The van der Waals surface area contributed by atoms with Crippen molar-refractivity contribution in [2.75, 3.05) is 33.2 Å². The Balaban J connectivity index is 1.88. The van der Waals surface area contributed by atoms with E-state index in [2.05, 4.69) is 42.9 Å². The van der Waals surface area contributed by atoms with E-state index in [1.54, 1.807) is 0 Å². The van der Waals surface area contributed by atoms with Crippen molar-refractivity contribution in [3.63, 3.8) is 0 Å². The zero-order valence-electron chi connectivity index (χ0n) is 12.6. The van der Waals surface area contributed by atoms with Gasteiger partial charge in [-0.2, -0.15) is 0 Å². The molecule has 0 aromatic carbocycles. The first-order valence-corrected chi connectivity index (χ1v) is 7.95. The molecule has 0 bridgehead atoms. The normalized spacial score (nSPS) is 18.4. The van der Waals surface area contributed by atoms with Gasteiger partial charge >= 0.3 is 0 Å². The molecule has 0 unspecified atom stereocenters. The van der Waals surface area contributed by atoms with Gasteiger partial charge in [-0.3, -0.25) is 4.90 Å². The molecule has 0 spiro atoms. The third-order valence-corrected chi connectivity index (χ3v) is 4.70. The lowest BCUT2D eigenvalue weighted by Crippen LogP contribution is -2.43. The summed E-state index contributed by atoms with van der Waals surface area (Å²) in [5.41, 5.74) is 1.20. The van der Waals surface area contributed by atoms with E-state index in [1.165, 1.54) is 28.7 Å². The molecule has 0 radical (unpaired) electrons. The number of nitrogens with zero attached hydrogens (tertiary/aromatic N) is 3. The minimum absolute atomic E-state index is 0.530. The van der Waals surface area contributed by atoms with Gasteiger partial charge in [-0.1, -0.05) is 13.8 Å². The smallest absolute Gasteiger partial charge is 0.107 e. The molecule has 1 aliphatic rings. The lowest BCUT2D eigenvalue weighted by Gasteiger charge is -2.31. The van der Waals surface area contributed by atoms with Crippen LogP contribution >= 0.6 is 11.3 Å². The molecule has 1 saturated heterocycles. The molecule has 1 aromatic rings. The minimum Gasteiger partial charge on any atom is -0.310 e. The first-order valence-electron chi connectivity index (χ1n) is 7.14. The topological polar surface area (TPSA) is 31.4 Å². The fourth-order valence-corrected chi connectivity index (χ4v) is 3.28. The lowest BCUT2D eigenvalue weighted by atomic mass is 10.3. The number of thiazole rings is 1. The van der Waals surface area contributed by atoms with Gasteiger partial charge < -0.3 is 10.2 Å². The number of aromatic nitrogens is 1. The second kappa shape index (κ2) is 6.79. The summed E-state index contributed by atoms with van der Waals surface area (Å²) >= 11 is 1.87. The molecule has 108 valence electrons. The number of rotatable bonds is 5. The maximum atomic E-state index is 4.72. The lowest BCUT2D eigenvalue weighted by molar-refractivity contribution is 0.148. The molecule has 19 heavy (non-hydrogen) atoms. The summed E-state index contributed by atoms with van der Waals surface area (Å²) in [6.45, 7) is 13.1. The summed E-state index contributed by atoms with van der Waals surface area (Å²) in [7, 11) is 2.20. The average molecular weight is 282 g/mol. The van der Waals surface area contributed by atoms with Gasteiger partial charge in [0.2, 0.25) is 0 Å². The summed E-state index contributed by atoms with van der Waals surface area (Å²) in [4.78, 5) is 11.0. The van der Waals surface area contributed by atoms with Crippen LogP contribution in [0.5, 0.6) is 0 Å².